The summed E-state index contributed by atoms with van der Waals surface area (Å²) >= 11 is 0. The van der Waals surface area contributed by atoms with E-state index in [9.17, 15) is 0 Å². The lowest BCUT2D eigenvalue weighted by atomic mass is 10.4. The molecule has 0 saturated carbocycles. The average Bonchev–Trinajstić information content (AvgIpc) is 3.37. The molecule has 4 N–H and O–H groups in total. The molecular formula is C20H32N8. The monoisotopic (exact) mass is 384 g/mol. The van der Waals surface area contributed by atoms with Gasteiger partial charge in [-0.1, -0.05) is 0 Å². The zero-order valence-corrected chi connectivity index (χ0v) is 18.1. The molecule has 8 heteroatoms. The van der Waals surface area contributed by atoms with Gasteiger partial charge in [-0.3, -0.25) is 10.2 Å². The zero-order chi connectivity index (χ0) is 21.1. The van der Waals surface area contributed by atoms with Crippen LogP contribution in [0.15, 0.2) is 24.5 Å². The fourth-order valence-electron chi connectivity index (χ4n) is 2.20. The molecule has 0 spiro atoms. The third-order valence-electron chi connectivity index (χ3n) is 3.33. The minimum Gasteiger partial charge on any atom is -0.346 e. The summed E-state index contributed by atoms with van der Waals surface area (Å²) in [7, 11) is 0. The molecule has 152 valence electrons. The first-order valence-corrected chi connectivity index (χ1v) is 9.09. The number of nitrogens with one attached hydrogen (secondary N) is 4. The van der Waals surface area contributed by atoms with Crippen molar-refractivity contribution in [3.8, 4) is 0 Å². The van der Waals surface area contributed by atoms with Gasteiger partial charge in [0.2, 0.25) is 0 Å². The first-order chi connectivity index (χ1) is 13.2. The minimum absolute atomic E-state index is 0.984. The van der Waals surface area contributed by atoms with Gasteiger partial charge in [-0.2, -0.15) is 10.2 Å². The van der Waals surface area contributed by atoms with Crippen LogP contribution in [-0.2, 0) is 0 Å². The quantitative estimate of drug-likeness (QED) is 0.365. The number of nitrogens with zero attached hydrogens (tertiary/aromatic N) is 4. The Kier molecular flexibility index (Phi) is 9.42. The summed E-state index contributed by atoms with van der Waals surface area (Å²) in [5.41, 5.74) is 6.60. The summed E-state index contributed by atoms with van der Waals surface area (Å²) in [6.45, 7) is 15.7. The van der Waals surface area contributed by atoms with Gasteiger partial charge in [0, 0.05) is 35.2 Å². The summed E-state index contributed by atoms with van der Waals surface area (Å²) in [4.78, 5) is 14.0. The number of rotatable bonds is 0. The highest BCUT2D eigenvalue weighted by atomic mass is 15.1. The lowest BCUT2D eigenvalue weighted by Gasteiger charge is -1.74. The van der Waals surface area contributed by atoms with Crippen molar-refractivity contribution in [3.05, 3.63) is 70.3 Å². The van der Waals surface area contributed by atoms with Crippen molar-refractivity contribution in [1.82, 2.24) is 40.3 Å². The highest BCUT2D eigenvalue weighted by molar-refractivity contribution is 5.04. The van der Waals surface area contributed by atoms with Crippen LogP contribution in [0.4, 0.5) is 0 Å². The van der Waals surface area contributed by atoms with Crippen molar-refractivity contribution in [2.24, 2.45) is 0 Å². The highest BCUT2D eigenvalue weighted by Crippen LogP contribution is 1.93. The van der Waals surface area contributed by atoms with Crippen LogP contribution < -0.4 is 0 Å². The van der Waals surface area contributed by atoms with Crippen LogP contribution >= 0.6 is 0 Å². The molecule has 4 rings (SSSR count). The van der Waals surface area contributed by atoms with Gasteiger partial charge in [0.25, 0.3) is 0 Å². The summed E-state index contributed by atoms with van der Waals surface area (Å²) < 4.78 is 0. The summed E-state index contributed by atoms with van der Waals surface area (Å²) in [6.07, 6.45) is 3.63. The molecule has 4 aromatic rings. The van der Waals surface area contributed by atoms with Crippen LogP contribution in [0.3, 0.4) is 0 Å². The second-order valence-electron chi connectivity index (χ2n) is 6.69. The van der Waals surface area contributed by atoms with Crippen LogP contribution in [0.25, 0.3) is 0 Å². The fraction of sp³-hybridized carbons (Fsp3) is 0.400. The van der Waals surface area contributed by atoms with E-state index >= 15 is 0 Å². The Labute approximate surface area is 166 Å². The molecule has 8 nitrogen and oxygen atoms in total. The number of hydrogen-bond acceptors (Lipinski definition) is 4. The predicted molar refractivity (Wildman–Crippen MR) is 112 cm³/mol. The number of aryl methyl sites for hydroxylation is 8. The van der Waals surface area contributed by atoms with Crippen molar-refractivity contribution >= 4 is 0 Å². The van der Waals surface area contributed by atoms with E-state index in [0.29, 0.717) is 0 Å². The maximum Gasteiger partial charge on any atom is 0.103 e. The molecule has 0 unspecified atom stereocenters. The molecule has 0 fully saturated rings. The Morgan fingerprint density at radius 1 is 0.536 bits per heavy atom. The Morgan fingerprint density at radius 2 is 0.893 bits per heavy atom. The number of H-pyrrole nitrogens is 4. The van der Waals surface area contributed by atoms with Crippen molar-refractivity contribution < 1.29 is 0 Å². The maximum atomic E-state index is 3.96. The number of aromatic nitrogens is 8. The molecule has 0 aliphatic heterocycles. The second-order valence-corrected chi connectivity index (χ2v) is 6.69. The molecule has 4 aromatic heterocycles. The van der Waals surface area contributed by atoms with E-state index in [1.807, 2.05) is 79.9 Å². The van der Waals surface area contributed by atoms with Crippen molar-refractivity contribution in [3.63, 3.8) is 0 Å². The van der Waals surface area contributed by atoms with Gasteiger partial charge in [0.05, 0.1) is 11.4 Å². The van der Waals surface area contributed by atoms with Gasteiger partial charge >= 0.3 is 0 Å². The first-order valence-electron chi connectivity index (χ1n) is 9.09. The summed E-state index contributed by atoms with van der Waals surface area (Å²) in [5, 5.41) is 13.4. The van der Waals surface area contributed by atoms with Crippen LogP contribution in [-0.4, -0.2) is 40.3 Å². The minimum atomic E-state index is 0.984. The molecule has 0 bridgehead atoms. The normalized spacial score (nSPS) is 9.43. The van der Waals surface area contributed by atoms with Gasteiger partial charge in [-0.25, -0.2) is 9.97 Å². The van der Waals surface area contributed by atoms with Crippen LogP contribution in [0.5, 0.6) is 0 Å². The third kappa shape index (κ3) is 10.1. The van der Waals surface area contributed by atoms with E-state index in [4.69, 9.17) is 0 Å². The smallest absolute Gasteiger partial charge is 0.103 e. The van der Waals surface area contributed by atoms with Crippen LogP contribution in [0.2, 0.25) is 0 Å². The predicted octanol–water partition coefficient (Wildman–Crippen LogP) is 4.11. The van der Waals surface area contributed by atoms with Crippen molar-refractivity contribution in [2.45, 2.75) is 55.4 Å². The second kappa shape index (κ2) is 11.5. The molecule has 0 atom stereocenters. The largest absolute Gasteiger partial charge is 0.346 e. The van der Waals surface area contributed by atoms with E-state index in [1.165, 1.54) is 0 Å². The van der Waals surface area contributed by atoms with E-state index in [1.54, 1.807) is 0 Å². The Morgan fingerprint density at radius 3 is 0.964 bits per heavy atom. The number of aromatic amines is 4. The maximum absolute atomic E-state index is 3.96. The zero-order valence-electron chi connectivity index (χ0n) is 18.1. The number of imidazole rings is 2. The summed E-state index contributed by atoms with van der Waals surface area (Å²) in [6, 6.07) is 4.00. The third-order valence-corrected chi connectivity index (χ3v) is 3.33. The molecule has 0 amide bonds. The Hall–Kier alpha value is -3.16. The molecule has 0 aliphatic carbocycles. The SMILES string of the molecule is Cc1cc(C)[nH]n1.Cc1cc(C)[nH]n1.Cc1cnc(C)[nH]1.Cc1cnc(C)[nH]1. The van der Waals surface area contributed by atoms with Gasteiger partial charge in [0.1, 0.15) is 11.6 Å². The molecule has 0 aromatic carbocycles. The fourth-order valence-corrected chi connectivity index (χ4v) is 2.20. The molecule has 0 saturated heterocycles. The van der Waals surface area contributed by atoms with Gasteiger partial charge in [-0.05, 0) is 67.5 Å². The van der Waals surface area contributed by atoms with Gasteiger partial charge in [0.15, 0.2) is 0 Å². The van der Waals surface area contributed by atoms with E-state index < -0.39 is 0 Å². The summed E-state index contributed by atoms with van der Waals surface area (Å²) in [5.74, 6) is 1.97. The van der Waals surface area contributed by atoms with Crippen LogP contribution in [0, 0.1) is 55.4 Å². The molecule has 0 radical (unpaired) electrons. The Balaban J connectivity index is 0.000000187. The lowest BCUT2D eigenvalue weighted by Crippen LogP contribution is -1.70. The van der Waals surface area contributed by atoms with Gasteiger partial charge in [-0.15, -0.1) is 0 Å². The molecular weight excluding hydrogens is 352 g/mol. The number of hydrogen-bond donors (Lipinski definition) is 4. The average molecular weight is 385 g/mol. The molecule has 28 heavy (non-hydrogen) atoms. The topological polar surface area (TPSA) is 115 Å². The highest BCUT2D eigenvalue weighted by Gasteiger charge is 1.86. The van der Waals surface area contributed by atoms with E-state index in [-0.39, 0.29) is 0 Å². The van der Waals surface area contributed by atoms with E-state index in [0.717, 1.165) is 45.8 Å². The standard InChI is InChI=1S/4C5H8N2/c2*1-4-3-6-5(2)7-4;2*1-4-3-5(2)7-6-4/h4*3H,1-2H3,(H,6,7). The van der Waals surface area contributed by atoms with Crippen molar-refractivity contribution in [2.75, 3.05) is 0 Å². The first kappa shape index (κ1) is 22.9. The van der Waals surface area contributed by atoms with Crippen molar-refractivity contribution in [1.29, 1.82) is 0 Å². The lowest BCUT2D eigenvalue weighted by molar-refractivity contribution is 1.02. The van der Waals surface area contributed by atoms with Gasteiger partial charge < -0.3 is 9.97 Å². The molecule has 4 heterocycles. The van der Waals surface area contributed by atoms with Crippen LogP contribution in [0.1, 0.15) is 45.8 Å². The van der Waals surface area contributed by atoms with E-state index in [2.05, 4.69) is 40.3 Å². The molecule has 0 aliphatic rings. The Bertz CT molecular complexity index is 706.